The largest absolute Gasteiger partial charge is 0.444 e. The molecule has 0 aromatic heterocycles. The van der Waals surface area contributed by atoms with Gasteiger partial charge in [-0.25, -0.2) is 4.79 Å². The van der Waals surface area contributed by atoms with Crippen molar-refractivity contribution in [3.63, 3.8) is 0 Å². The average molecular weight is 416 g/mol. The maximum atomic E-state index is 12.7. The molecule has 0 aliphatic carbocycles. The summed E-state index contributed by atoms with van der Waals surface area (Å²) in [7, 11) is 0. The number of piperidine rings is 1. The zero-order valence-electron chi connectivity index (χ0n) is 17.5. The Labute approximate surface area is 175 Å². The number of benzene rings is 1. The Morgan fingerprint density at radius 1 is 1.17 bits per heavy atom. The van der Waals surface area contributed by atoms with Gasteiger partial charge in [-0.2, -0.15) is 0 Å². The molecule has 1 saturated heterocycles. The Bertz CT molecular complexity index is 840. The normalized spacial score (nSPS) is 19.8. The number of para-hydroxylation sites is 1. The molecule has 2 heterocycles. The quantitative estimate of drug-likeness (QED) is 0.693. The van der Waals surface area contributed by atoms with Crippen molar-refractivity contribution in [1.82, 2.24) is 15.5 Å². The number of fused-ring (bicyclic) bond motifs is 1. The molecule has 2 aliphatic heterocycles. The highest BCUT2D eigenvalue weighted by atomic mass is 16.6. The minimum absolute atomic E-state index is 0.0701. The van der Waals surface area contributed by atoms with Crippen LogP contribution in [-0.2, 0) is 14.3 Å². The second-order valence-electron chi connectivity index (χ2n) is 8.57. The van der Waals surface area contributed by atoms with Gasteiger partial charge in [-0.15, -0.1) is 0 Å². The summed E-state index contributed by atoms with van der Waals surface area (Å²) in [6.45, 7) is 6.32. The molecule has 1 aromatic carbocycles. The van der Waals surface area contributed by atoms with Crippen LogP contribution in [0.3, 0.4) is 0 Å². The number of likely N-dealkylation sites (tertiary alicyclic amines) is 1. The van der Waals surface area contributed by atoms with Crippen LogP contribution in [0.4, 0.5) is 10.5 Å². The van der Waals surface area contributed by atoms with E-state index in [1.165, 1.54) is 0 Å². The molecule has 3 rings (SSSR count). The number of hydrogen-bond donors (Lipinski definition) is 3. The fraction of sp³-hybridized carbons (Fsp3) is 0.524. The van der Waals surface area contributed by atoms with Gasteiger partial charge in [0.25, 0.3) is 5.91 Å². The van der Waals surface area contributed by atoms with Crippen LogP contribution >= 0.6 is 0 Å². The van der Waals surface area contributed by atoms with Crippen molar-refractivity contribution in [3.05, 3.63) is 29.8 Å². The van der Waals surface area contributed by atoms with Crippen LogP contribution in [0.2, 0.25) is 0 Å². The minimum Gasteiger partial charge on any atom is -0.444 e. The zero-order valence-corrected chi connectivity index (χ0v) is 17.5. The molecule has 0 bridgehead atoms. The summed E-state index contributed by atoms with van der Waals surface area (Å²) in [5, 5.41) is 8.17. The molecule has 0 radical (unpaired) electrons. The van der Waals surface area contributed by atoms with Gasteiger partial charge in [0.1, 0.15) is 11.6 Å². The van der Waals surface area contributed by atoms with E-state index < -0.39 is 23.6 Å². The molecule has 1 fully saturated rings. The predicted molar refractivity (Wildman–Crippen MR) is 110 cm³/mol. The van der Waals surface area contributed by atoms with Crippen LogP contribution in [0, 0.1) is 0 Å². The Balaban J connectivity index is 1.51. The Morgan fingerprint density at radius 3 is 2.50 bits per heavy atom. The summed E-state index contributed by atoms with van der Waals surface area (Å²) in [5.41, 5.74) is 0.239. The Kier molecular flexibility index (Phi) is 6.28. The maximum Gasteiger partial charge on any atom is 0.407 e. The van der Waals surface area contributed by atoms with E-state index in [1.807, 2.05) is 0 Å². The maximum absolute atomic E-state index is 12.7. The van der Waals surface area contributed by atoms with Crippen LogP contribution in [0.1, 0.15) is 50.4 Å². The van der Waals surface area contributed by atoms with Gasteiger partial charge in [0, 0.05) is 19.1 Å². The smallest absolute Gasteiger partial charge is 0.407 e. The van der Waals surface area contributed by atoms with Crippen molar-refractivity contribution >= 4 is 29.5 Å². The first kappa shape index (κ1) is 21.6. The van der Waals surface area contributed by atoms with Crippen molar-refractivity contribution in [2.24, 2.45) is 0 Å². The number of rotatable bonds is 3. The highest BCUT2D eigenvalue weighted by Crippen LogP contribution is 2.20. The highest BCUT2D eigenvalue weighted by molar-refractivity contribution is 6.10. The van der Waals surface area contributed by atoms with Gasteiger partial charge in [-0.3, -0.25) is 14.4 Å². The number of ether oxygens (including phenoxy) is 1. The van der Waals surface area contributed by atoms with Crippen molar-refractivity contribution in [2.75, 3.05) is 18.4 Å². The number of anilines is 1. The monoisotopic (exact) mass is 416 g/mol. The van der Waals surface area contributed by atoms with Crippen molar-refractivity contribution in [3.8, 4) is 0 Å². The van der Waals surface area contributed by atoms with E-state index in [9.17, 15) is 19.2 Å². The molecule has 0 unspecified atom stereocenters. The van der Waals surface area contributed by atoms with Gasteiger partial charge in [0.15, 0.2) is 0 Å². The lowest BCUT2D eigenvalue weighted by atomic mass is 10.0. The predicted octanol–water partition coefficient (Wildman–Crippen LogP) is 1.64. The molecule has 30 heavy (non-hydrogen) atoms. The van der Waals surface area contributed by atoms with E-state index in [4.69, 9.17) is 4.74 Å². The van der Waals surface area contributed by atoms with Gasteiger partial charge in [0.05, 0.1) is 17.7 Å². The van der Waals surface area contributed by atoms with Crippen LogP contribution in [0.25, 0.3) is 0 Å². The van der Waals surface area contributed by atoms with E-state index in [2.05, 4.69) is 16.0 Å². The minimum atomic E-state index is -0.935. The van der Waals surface area contributed by atoms with Crippen molar-refractivity contribution < 1.29 is 23.9 Å². The molecule has 0 spiro atoms. The summed E-state index contributed by atoms with van der Waals surface area (Å²) in [5.74, 6) is -1.01. The van der Waals surface area contributed by atoms with Gasteiger partial charge >= 0.3 is 6.09 Å². The first-order valence-corrected chi connectivity index (χ1v) is 10.1. The number of nitrogens with zero attached hydrogens (tertiary/aromatic N) is 1. The summed E-state index contributed by atoms with van der Waals surface area (Å²) in [4.78, 5) is 51.1. The third kappa shape index (κ3) is 5.49. The number of carbonyl (C=O) groups excluding carboxylic acids is 4. The summed E-state index contributed by atoms with van der Waals surface area (Å²) in [6.07, 6.45) is 0.611. The third-order valence-corrected chi connectivity index (χ3v) is 5.00. The van der Waals surface area contributed by atoms with Gasteiger partial charge < -0.3 is 25.6 Å². The number of amides is 4. The number of hydrogen-bond acceptors (Lipinski definition) is 5. The van der Waals surface area contributed by atoms with Crippen LogP contribution in [0.15, 0.2) is 24.3 Å². The number of carbonyl (C=O) groups is 4. The summed E-state index contributed by atoms with van der Waals surface area (Å²) >= 11 is 0. The molecule has 1 atom stereocenters. The van der Waals surface area contributed by atoms with Crippen LogP contribution in [0.5, 0.6) is 0 Å². The fourth-order valence-electron chi connectivity index (χ4n) is 3.51. The lowest BCUT2D eigenvalue weighted by molar-refractivity contribution is -0.134. The first-order chi connectivity index (χ1) is 14.1. The standard InChI is InChI=1S/C21H28N4O5/c1-21(2,3)30-20(29)22-13-8-10-25(11-9-13)17(26)12-16-19(28)23-15-7-5-4-6-14(15)18(27)24-16/h4-7,13,16H,8-12H2,1-3H3,(H,22,29)(H,23,28)(H,24,27)/t16-/m1/s1. The van der Waals surface area contributed by atoms with Gasteiger partial charge in [-0.1, -0.05) is 12.1 Å². The second-order valence-corrected chi connectivity index (χ2v) is 8.57. The molecule has 3 N–H and O–H groups in total. The molecule has 9 nitrogen and oxygen atoms in total. The number of alkyl carbamates (subject to hydrolysis) is 1. The summed E-state index contributed by atoms with van der Waals surface area (Å²) < 4.78 is 5.26. The summed E-state index contributed by atoms with van der Waals surface area (Å²) in [6, 6.07) is 5.71. The van der Waals surface area contributed by atoms with Crippen molar-refractivity contribution in [1.29, 1.82) is 0 Å². The van der Waals surface area contributed by atoms with E-state index in [0.29, 0.717) is 37.2 Å². The third-order valence-electron chi connectivity index (χ3n) is 5.00. The SMILES string of the molecule is CC(C)(C)OC(=O)NC1CCN(C(=O)C[C@H]2NC(=O)c3ccccc3NC2=O)CC1. The topological polar surface area (TPSA) is 117 Å². The van der Waals surface area contributed by atoms with E-state index in [-0.39, 0.29) is 24.3 Å². The van der Waals surface area contributed by atoms with Crippen LogP contribution in [-0.4, -0.2) is 59.5 Å². The molecule has 4 amide bonds. The number of nitrogens with one attached hydrogen (secondary N) is 3. The molecule has 162 valence electrons. The Hall–Kier alpha value is -3.10. The fourth-order valence-corrected chi connectivity index (χ4v) is 3.51. The molecule has 2 aliphatic rings. The van der Waals surface area contributed by atoms with Crippen molar-refractivity contribution in [2.45, 2.75) is 57.7 Å². The lowest BCUT2D eigenvalue weighted by Crippen LogP contribution is -2.50. The highest BCUT2D eigenvalue weighted by Gasteiger charge is 2.32. The van der Waals surface area contributed by atoms with Crippen LogP contribution < -0.4 is 16.0 Å². The van der Waals surface area contributed by atoms with Gasteiger partial charge in [0.2, 0.25) is 11.8 Å². The molecular formula is C21H28N4O5. The second kappa shape index (κ2) is 8.73. The average Bonchev–Trinajstić information content (AvgIpc) is 2.77. The first-order valence-electron chi connectivity index (χ1n) is 10.1. The van der Waals surface area contributed by atoms with Gasteiger partial charge in [-0.05, 0) is 45.7 Å². The Morgan fingerprint density at radius 2 is 1.83 bits per heavy atom. The molecular weight excluding hydrogens is 388 g/mol. The zero-order chi connectivity index (χ0) is 21.9. The molecule has 1 aromatic rings. The van der Waals surface area contributed by atoms with E-state index in [1.54, 1.807) is 49.9 Å². The molecule has 0 saturated carbocycles. The van der Waals surface area contributed by atoms with E-state index >= 15 is 0 Å². The lowest BCUT2D eigenvalue weighted by Gasteiger charge is -2.33. The van der Waals surface area contributed by atoms with E-state index in [0.717, 1.165) is 0 Å². The molecule has 9 heteroatoms.